The highest BCUT2D eigenvalue weighted by Gasteiger charge is 2.13. The lowest BCUT2D eigenvalue weighted by atomic mass is 9.87. The molecule has 0 aliphatic heterocycles. The fraction of sp³-hybridized carbons (Fsp3) is 0.190. The predicted molar refractivity (Wildman–Crippen MR) is 95.3 cm³/mol. The Balaban J connectivity index is 1.85. The molecule has 0 heterocycles. The molecule has 0 aliphatic rings. The summed E-state index contributed by atoms with van der Waals surface area (Å²) in [5, 5.41) is 2.51. The molecule has 1 amide bonds. The van der Waals surface area contributed by atoms with Crippen molar-refractivity contribution in [3.63, 3.8) is 0 Å². The molecular weight excluding hydrogens is 282 g/mol. The molecule has 0 radical (unpaired) electrons. The Morgan fingerprint density at radius 1 is 0.870 bits per heavy atom. The zero-order valence-corrected chi connectivity index (χ0v) is 13.1. The molecule has 0 bridgehead atoms. The third-order valence-corrected chi connectivity index (χ3v) is 4.31. The Morgan fingerprint density at radius 3 is 2.30 bits per heavy atom. The van der Waals surface area contributed by atoms with E-state index in [9.17, 15) is 4.79 Å². The summed E-state index contributed by atoms with van der Waals surface area (Å²) in [6, 6.07) is 25.4. The summed E-state index contributed by atoms with van der Waals surface area (Å²) in [4.78, 5) is 11.2. The van der Waals surface area contributed by atoms with Crippen LogP contribution in [0.5, 0.6) is 0 Å². The van der Waals surface area contributed by atoms with Crippen LogP contribution in [-0.2, 0) is 11.2 Å². The quantitative estimate of drug-likeness (QED) is 0.719. The molecule has 2 nitrogen and oxygen atoms in total. The summed E-state index contributed by atoms with van der Waals surface area (Å²) in [7, 11) is 0. The zero-order chi connectivity index (χ0) is 16.1. The molecule has 3 aromatic rings. The van der Waals surface area contributed by atoms with E-state index in [1.54, 1.807) is 0 Å². The zero-order valence-electron chi connectivity index (χ0n) is 13.1. The molecule has 3 aromatic carbocycles. The van der Waals surface area contributed by atoms with Gasteiger partial charge in [0.15, 0.2) is 0 Å². The van der Waals surface area contributed by atoms with Gasteiger partial charge in [-0.15, -0.1) is 0 Å². The Labute approximate surface area is 136 Å². The van der Waals surface area contributed by atoms with Crippen LogP contribution in [0.15, 0.2) is 72.8 Å². The Hall–Kier alpha value is -2.61. The van der Waals surface area contributed by atoms with E-state index in [0.717, 1.165) is 12.8 Å². The van der Waals surface area contributed by atoms with Gasteiger partial charge in [0.1, 0.15) is 0 Å². The fourth-order valence-corrected chi connectivity index (χ4v) is 3.08. The maximum atomic E-state index is 11.2. The topological polar surface area (TPSA) is 43.1 Å². The molecule has 0 spiro atoms. The third kappa shape index (κ3) is 3.98. The highest BCUT2D eigenvalue weighted by molar-refractivity contribution is 5.83. The van der Waals surface area contributed by atoms with Gasteiger partial charge in [-0.2, -0.15) is 0 Å². The molecule has 0 fully saturated rings. The van der Waals surface area contributed by atoms with Gasteiger partial charge in [-0.1, -0.05) is 72.8 Å². The highest BCUT2D eigenvalue weighted by Crippen LogP contribution is 2.27. The van der Waals surface area contributed by atoms with E-state index in [2.05, 4.69) is 54.6 Å². The number of amides is 1. The van der Waals surface area contributed by atoms with Gasteiger partial charge in [0.25, 0.3) is 0 Å². The summed E-state index contributed by atoms with van der Waals surface area (Å²) in [5.74, 6) is 0.0781. The minimum atomic E-state index is -0.232. The molecule has 2 N–H and O–H groups in total. The molecule has 1 unspecified atom stereocenters. The number of primary amides is 1. The lowest BCUT2D eigenvalue weighted by Crippen LogP contribution is -2.13. The van der Waals surface area contributed by atoms with Gasteiger partial charge in [0.05, 0.1) is 0 Å². The molecule has 116 valence electrons. The van der Waals surface area contributed by atoms with Crippen molar-refractivity contribution >= 4 is 16.7 Å². The SMILES string of the molecule is NC(=O)CCC(Cc1ccc2ccccc2c1)c1ccccc1. The maximum absolute atomic E-state index is 11.2. The van der Waals surface area contributed by atoms with Crippen molar-refractivity contribution < 1.29 is 4.79 Å². The lowest BCUT2D eigenvalue weighted by molar-refractivity contribution is -0.118. The second kappa shape index (κ2) is 7.10. The van der Waals surface area contributed by atoms with E-state index >= 15 is 0 Å². The maximum Gasteiger partial charge on any atom is 0.217 e. The normalized spacial score (nSPS) is 12.2. The molecule has 0 saturated heterocycles. The van der Waals surface area contributed by atoms with Crippen molar-refractivity contribution in [1.82, 2.24) is 0 Å². The van der Waals surface area contributed by atoms with Crippen LogP contribution in [0.3, 0.4) is 0 Å². The van der Waals surface area contributed by atoms with Crippen molar-refractivity contribution in [3.8, 4) is 0 Å². The first kappa shape index (κ1) is 15.3. The molecule has 3 rings (SSSR count). The predicted octanol–water partition coefficient (Wildman–Crippen LogP) is 4.43. The van der Waals surface area contributed by atoms with Crippen molar-refractivity contribution in [2.45, 2.75) is 25.2 Å². The third-order valence-electron chi connectivity index (χ3n) is 4.31. The Bertz CT molecular complexity index is 795. The molecular formula is C21H21NO. The van der Waals surface area contributed by atoms with E-state index < -0.39 is 0 Å². The summed E-state index contributed by atoms with van der Waals surface area (Å²) < 4.78 is 0. The van der Waals surface area contributed by atoms with Crippen LogP contribution in [0.2, 0.25) is 0 Å². The van der Waals surface area contributed by atoms with Crippen LogP contribution in [0, 0.1) is 0 Å². The van der Waals surface area contributed by atoms with Gasteiger partial charge in [0.2, 0.25) is 5.91 Å². The van der Waals surface area contributed by atoms with Crippen LogP contribution in [0.25, 0.3) is 10.8 Å². The number of hydrogen-bond acceptors (Lipinski definition) is 1. The number of nitrogens with two attached hydrogens (primary N) is 1. The van der Waals surface area contributed by atoms with Crippen LogP contribution < -0.4 is 5.73 Å². The molecule has 2 heteroatoms. The van der Waals surface area contributed by atoms with Gasteiger partial charge in [-0.25, -0.2) is 0 Å². The minimum Gasteiger partial charge on any atom is -0.370 e. The van der Waals surface area contributed by atoms with Crippen molar-refractivity contribution in [1.29, 1.82) is 0 Å². The van der Waals surface area contributed by atoms with E-state index in [-0.39, 0.29) is 5.91 Å². The summed E-state index contributed by atoms with van der Waals surface area (Å²) in [6.07, 6.45) is 2.13. The number of hydrogen-bond donors (Lipinski definition) is 1. The van der Waals surface area contributed by atoms with Crippen LogP contribution in [-0.4, -0.2) is 5.91 Å². The Kier molecular flexibility index (Phi) is 4.72. The molecule has 23 heavy (non-hydrogen) atoms. The summed E-state index contributed by atoms with van der Waals surface area (Å²) in [5.41, 5.74) is 7.91. The molecule has 0 saturated carbocycles. The van der Waals surface area contributed by atoms with Gasteiger partial charge in [0, 0.05) is 6.42 Å². The first-order chi connectivity index (χ1) is 11.2. The van der Waals surface area contributed by atoms with Crippen LogP contribution >= 0.6 is 0 Å². The largest absolute Gasteiger partial charge is 0.370 e. The first-order valence-electron chi connectivity index (χ1n) is 8.03. The average molecular weight is 303 g/mol. The second-order valence-electron chi connectivity index (χ2n) is 6.00. The van der Waals surface area contributed by atoms with Gasteiger partial charge in [-0.05, 0) is 40.7 Å². The van der Waals surface area contributed by atoms with E-state index in [0.29, 0.717) is 12.3 Å². The molecule has 0 aliphatic carbocycles. The standard InChI is InChI=1S/C21H21NO/c22-21(23)13-12-20(17-6-2-1-3-7-17)15-16-10-11-18-8-4-5-9-19(18)14-16/h1-11,14,20H,12-13,15H2,(H2,22,23). The van der Waals surface area contributed by atoms with Gasteiger partial charge in [-0.3, -0.25) is 4.79 Å². The molecule has 0 aromatic heterocycles. The van der Waals surface area contributed by atoms with E-state index in [1.165, 1.54) is 21.9 Å². The van der Waals surface area contributed by atoms with E-state index in [1.807, 2.05) is 18.2 Å². The van der Waals surface area contributed by atoms with Gasteiger partial charge < -0.3 is 5.73 Å². The smallest absolute Gasteiger partial charge is 0.217 e. The number of fused-ring (bicyclic) bond motifs is 1. The minimum absolute atomic E-state index is 0.232. The summed E-state index contributed by atoms with van der Waals surface area (Å²) >= 11 is 0. The first-order valence-corrected chi connectivity index (χ1v) is 8.03. The average Bonchev–Trinajstić information content (AvgIpc) is 2.59. The van der Waals surface area contributed by atoms with Crippen molar-refractivity contribution in [2.24, 2.45) is 5.73 Å². The van der Waals surface area contributed by atoms with Crippen LogP contribution in [0.4, 0.5) is 0 Å². The van der Waals surface area contributed by atoms with E-state index in [4.69, 9.17) is 5.73 Å². The lowest BCUT2D eigenvalue weighted by Gasteiger charge is -2.17. The number of benzene rings is 3. The summed E-state index contributed by atoms with van der Waals surface area (Å²) in [6.45, 7) is 0. The van der Waals surface area contributed by atoms with Crippen molar-refractivity contribution in [3.05, 3.63) is 83.9 Å². The van der Waals surface area contributed by atoms with Crippen molar-refractivity contribution in [2.75, 3.05) is 0 Å². The van der Waals surface area contributed by atoms with Crippen LogP contribution in [0.1, 0.15) is 29.9 Å². The monoisotopic (exact) mass is 303 g/mol. The molecule has 1 atom stereocenters. The number of carbonyl (C=O) groups excluding carboxylic acids is 1. The van der Waals surface area contributed by atoms with Gasteiger partial charge >= 0.3 is 0 Å². The number of rotatable bonds is 6. The number of carbonyl (C=O) groups is 1. The Morgan fingerprint density at radius 2 is 1.57 bits per heavy atom. The highest BCUT2D eigenvalue weighted by atomic mass is 16.1. The fourth-order valence-electron chi connectivity index (χ4n) is 3.08. The second-order valence-corrected chi connectivity index (χ2v) is 6.00.